The molecule has 1 aliphatic rings. The van der Waals surface area contributed by atoms with Gasteiger partial charge >= 0.3 is 0 Å². The van der Waals surface area contributed by atoms with Crippen molar-refractivity contribution in [1.29, 1.82) is 0 Å². The minimum absolute atomic E-state index is 0.154. The third-order valence-corrected chi connectivity index (χ3v) is 6.10. The second-order valence-electron chi connectivity index (χ2n) is 7.96. The molecule has 29 heavy (non-hydrogen) atoms. The van der Waals surface area contributed by atoms with Gasteiger partial charge in [-0.1, -0.05) is 48.5 Å². The number of aromatic nitrogens is 2. The number of hydrogen-bond donors (Lipinski definition) is 0. The lowest BCUT2D eigenvalue weighted by atomic mass is 9.93. The molecule has 2 heterocycles. The molecule has 2 aromatic carbocycles. The zero-order valence-corrected chi connectivity index (χ0v) is 16.8. The molecular weight excluding hydrogens is 356 g/mol. The van der Waals surface area contributed by atoms with E-state index in [1.165, 1.54) is 24.0 Å². The fraction of sp³-hybridized carbons (Fsp3) is 0.231. The molecule has 0 saturated carbocycles. The highest BCUT2D eigenvalue weighted by molar-refractivity contribution is 6.13. The molecule has 0 atom stereocenters. The van der Waals surface area contributed by atoms with Gasteiger partial charge in [-0.3, -0.25) is 4.79 Å². The van der Waals surface area contributed by atoms with Crippen molar-refractivity contribution in [2.45, 2.75) is 32.2 Å². The van der Waals surface area contributed by atoms with Crippen molar-refractivity contribution in [2.75, 3.05) is 0 Å². The molecule has 0 fully saturated rings. The van der Waals surface area contributed by atoms with Gasteiger partial charge < -0.3 is 4.57 Å². The molecule has 0 amide bonds. The summed E-state index contributed by atoms with van der Waals surface area (Å²) in [5, 5.41) is 1.03. The van der Waals surface area contributed by atoms with E-state index in [9.17, 15) is 4.79 Å². The number of nitrogens with zero attached hydrogens (tertiary/aromatic N) is 2. The zero-order chi connectivity index (χ0) is 19.8. The predicted octanol–water partition coefficient (Wildman–Crippen LogP) is 4.89. The van der Waals surface area contributed by atoms with Gasteiger partial charge in [-0.05, 0) is 42.9 Å². The lowest BCUT2D eigenvalue weighted by Gasteiger charge is -2.13. The monoisotopic (exact) mass is 381 g/mol. The summed E-state index contributed by atoms with van der Waals surface area (Å²) in [6.45, 7) is 0.362. The molecule has 0 unspecified atom stereocenters. The molecular formula is C26H25N2O+. The van der Waals surface area contributed by atoms with Crippen molar-refractivity contribution in [2.24, 2.45) is 7.05 Å². The number of fused-ring (bicyclic) bond motifs is 2. The normalized spacial score (nSPS) is 13.4. The number of pyridine rings is 1. The molecule has 4 aromatic rings. The SMILES string of the molecule is Cn1c(-c2ccccc2)c(C(=O)C[n+]2ccc3c(c2)CCCC3)c2ccccc21. The first-order valence-corrected chi connectivity index (χ1v) is 10.4. The number of carbonyl (C=O) groups is 1. The van der Waals surface area contributed by atoms with E-state index in [4.69, 9.17) is 0 Å². The lowest BCUT2D eigenvalue weighted by molar-refractivity contribution is -0.683. The summed E-state index contributed by atoms with van der Waals surface area (Å²) in [7, 11) is 2.05. The molecule has 144 valence electrons. The summed E-state index contributed by atoms with van der Waals surface area (Å²) in [5.41, 5.74) is 6.81. The summed E-state index contributed by atoms with van der Waals surface area (Å²) >= 11 is 0. The second-order valence-corrected chi connectivity index (χ2v) is 7.96. The van der Waals surface area contributed by atoms with Crippen molar-refractivity contribution in [3.63, 3.8) is 0 Å². The van der Waals surface area contributed by atoms with Crippen LogP contribution in [0.4, 0.5) is 0 Å². The maximum absolute atomic E-state index is 13.6. The van der Waals surface area contributed by atoms with E-state index in [1.807, 2.05) is 37.4 Å². The standard InChI is InChI=1S/C26H25N2O/c1-27-23-14-8-7-13-22(23)25(26(27)20-10-3-2-4-11-20)24(29)18-28-16-15-19-9-5-6-12-21(19)17-28/h2-4,7-8,10-11,13-17H,5-6,9,12,18H2,1H3/q+1. The number of Topliss-reactive ketones (excluding diaryl/α,β-unsaturated/α-hetero) is 1. The van der Waals surface area contributed by atoms with E-state index in [1.54, 1.807) is 0 Å². The smallest absolute Gasteiger partial charge is 0.230 e. The summed E-state index contributed by atoms with van der Waals surface area (Å²) in [4.78, 5) is 13.6. The van der Waals surface area contributed by atoms with Gasteiger partial charge in [-0.15, -0.1) is 0 Å². The van der Waals surface area contributed by atoms with Crippen molar-refractivity contribution < 1.29 is 9.36 Å². The average molecular weight is 381 g/mol. The number of hydrogen-bond acceptors (Lipinski definition) is 1. The Kier molecular flexibility index (Phi) is 4.51. The number of para-hydroxylation sites is 1. The molecule has 0 spiro atoms. The Hall–Kier alpha value is -3.20. The Morgan fingerprint density at radius 2 is 1.66 bits per heavy atom. The quantitative estimate of drug-likeness (QED) is 0.365. The maximum Gasteiger partial charge on any atom is 0.230 e. The fourth-order valence-corrected chi connectivity index (χ4v) is 4.67. The topological polar surface area (TPSA) is 25.9 Å². The number of rotatable bonds is 4. The molecule has 0 N–H and O–H groups in total. The van der Waals surface area contributed by atoms with Crippen LogP contribution in [0.3, 0.4) is 0 Å². The van der Waals surface area contributed by atoms with Crippen LogP contribution in [-0.2, 0) is 26.4 Å². The first-order valence-electron chi connectivity index (χ1n) is 10.4. The van der Waals surface area contributed by atoms with Crippen molar-refractivity contribution in [3.05, 3.63) is 89.7 Å². The van der Waals surface area contributed by atoms with Crippen molar-refractivity contribution in [3.8, 4) is 11.3 Å². The van der Waals surface area contributed by atoms with E-state index in [2.05, 4.69) is 51.9 Å². The summed E-state index contributed by atoms with van der Waals surface area (Å²) in [6.07, 6.45) is 9.04. The van der Waals surface area contributed by atoms with Crippen LogP contribution in [0.25, 0.3) is 22.2 Å². The van der Waals surface area contributed by atoms with Crippen LogP contribution in [0.1, 0.15) is 34.3 Å². The molecule has 1 aliphatic carbocycles. The first kappa shape index (κ1) is 17.9. The molecule has 0 bridgehead atoms. The summed E-state index contributed by atoms with van der Waals surface area (Å²) in [5.74, 6) is 0.154. The van der Waals surface area contributed by atoms with E-state index in [-0.39, 0.29) is 5.78 Å². The number of benzene rings is 2. The summed E-state index contributed by atoms with van der Waals surface area (Å²) in [6, 6.07) is 20.6. The van der Waals surface area contributed by atoms with Crippen LogP contribution in [0.2, 0.25) is 0 Å². The van der Waals surface area contributed by atoms with Crippen LogP contribution in [0, 0.1) is 0 Å². The van der Waals surface area contributed by atoms with Crippen molar-refractivity contribution >= 4 is 16.7 Å². The Morgan fingerprint density at radius 1 is 0.931 bits per heavy atom. The predicted molar refractivity (Wildman–Crippen MR) is 116 cm³/mol. The molecule has 3 heteroatoms. The van der Waals surface area contributed by atoms with Gasteiger partial charge in [0.05, 0.1) is 11.3 Å². The molecule has 0 saturated heterocycles. The van der Waals surface area contributed by atoms with Crippen LogP contribution < -0.4 is 4.57 Å². The fourth-order valence-electron chi connectivity index (χ4n) is 4.67. The maximum atomic E-state index is 13.6. The Bertz CT molecular complexity index is 1200. The molecule has 0 radical (unpaired) electrons. The minimum Gasteiger partial charge on any atom is -0.343 e. The van der Waals surface area contributed by atoms with Gasteiger partial charge in [0.2, 0.25) is 12.3 Å². The minimum atomic E-state index is 0.154. The van der Waals surface area contributed by atoms with Gasteiger partial charge in [0.15, 0.2) is 12.4 Å². The molecule has 2 aromatic heterocycles. The van der Waals surface area contributed by atoms with Gasteiger partial charge in [0.25, 0.3) is 0 Å². The Labute approximate surface area is 171 Å². The van der Waals surface area contributed by atoms with Crippen LogP contribution in [-0.4, -0.2) is 10.4 Å². The number of aryl methyl sites for hydroxylation is 3. The van der Waals surface area contributed by atoms with Gasteiger partial charge in [0, 0.05) is 29.6 Å². The van der Waals surface area contributed by atoms with Gasteiger partial charge in [-0.25, -0.2) is 0 Å². The number of ketones is 1. The third-order valence-electron chi connectivity index (χ3n) is 6.10. The summed E-state index contributed by atoms with van der Waals surface area (Å²) < 4.78 is 4.21. The van der Waals surface area contributed by atoms with Gasteiger partial charge in [0.1, 0.15) is 0 Å². The highest BCUT2D eigenvalue weighted by atomic mass is 16.1. The van der Waals surface area contributed by atoms with Crippen molar-refractivity contribution in [1.82, 2.24) is 4.57 Å². The number of carbonyl (C=O) groups excluding carboxylic acids is 1. The highest BCUT2D eigenvalue weighted by Gasteiger charge is 2.25. The first-order chi connectivity index (χ1) is 14.2. The average Bonchev–Trinajstić information content (AvgIpc) is 3.07. The second kappa shape index (κ2) is 7.32. The molecule has 0 aliphatic heterocycles. The van der Waals surface area contributed by atoms with Crippen LogP contribution >= 0.6 is 0 Å². The molecule has 3 nitrogen and oxygen atoms in total. The zero-order valence-electron chi connectivity index (χ0n) is 16.8. The lowest BCUT2D eigenvalue weighted by Crippen LogP contribution is -2.38. The van der Waals surface area contributed by atoms with E-state index in [0.717, 1.165) is 40.6 Å². The Balaban J connectivity index is 1.60. The van der Waals surface area contributed by atoms with Crippen LogP contribution in [0.15, 0.2) is 73.1 Å². The van der Waals surface area contributed by atoms with E-state index < -0.39 is 0 Å². The van der Waals surface area contributed by atoms with E-state index >= 15 is 0 Å². The third kappa shape index (κ3) is 3.17. The van der Waals surface area contributed by atoms with Crippen LogP contribution in [0.5, 0.6) is 0 Å². The molecule has 5 rings (SSSR count). The van der Waals surface area contributed by atoms with E-state index in [0.29, 0.717) is 6.54 Å². The Morgan fingerprint density at radius 3 is 2.48 bits per heavy atom. The highest BCUT2D eigenvalue weighted by Crippen LogP contribution is 2.33. The largest absolute Gasteiger partial charge is 0.343 e. The van der Waals surface area contributed by atoms with Gasteiger partial charge in [-0.2, -0.15) is 4.57 Å².